The van der Waals surface area contributed by atoms with Gasteiger partial charge in [0.25, 0.3) is 5.56 Å². The zero-order valence-corrected chi connectivity index (χ0v) is 16.1. The summed E-state index contributed by atoms with van der Waals surface area (Å²) >= 11 is 1.54. The van der Waals surface area contributed by atoms with Gasteiger partial charge in [0.05, 0.1) is 6.04 Å². The Bertz CT molecular complexity index is 895. The van der Waals surface area contributed by atoms with Crippen molar-refractivity contribution in [3.63, 3.8) is 0 Å². The number of carbonyl (C=O) groups is 1. The molecule has 2 aromatic rings. The van der Waals surface area contributed by atoms with Crippen LogP contribution in [0.2, 0.25) is 0 Å². The molecule has 5 nitrogen and oxygen atoms in total. The molecule has 2 heterocycles. The lowest BCUT2D eigenvalue weighted by Gasteiger charge is -2.16. The molecule has 0 spiro atoms. The van der Waals surface area contributed by atoms with Crippen molar-refractivity contribution in [3.05, 3.63) is 50.4 Å². The Hall–Kier alpha value is -2.08. The lowest BCUT2D eigenvalue weighted by Crippen LogP contribution is -2.29. The molecular formula is C19H23N3O2S. The molecule has 3 rings (SSSR count). The number of carbonyl (C=O) groups excluding carboxylic acids is 1. The Morgan fingerprint density at radius 3 is 2.52 bits per heavy atom. The molecule has 6 heteroatoms. The standard InChI is InChI=1S/C19H23N3O2S/c1-10-6-11(2)17(12(3)7-10)21-16(23)8-15-9-25-19-20-14(5)13(4)18(24)22(15)19/h6-7,15H,8-9H2,1-5H3,(H,21,23). The highest BCUT2D eigenvalue weighted by Gasteiger charge is 2.28. The Balaban J connectivity index is 1.81. The van der Waals surface area contributed by atoms with Crippen LogP contribution >= 0.6 is 11.8 Å². The van der Waals surface area contributed by atoms with Gasteiger partial charge in [-0.3, -0.25) is 14.2 Å². The Labute approximate surface area is 151 Å². The lowest BCUT2D eigenvalue weighted by atomic mass is 10.0. The number of aromatic nitrogens is 2. The van der Waals surface area contributed by atoms with E-state index in [0.717, 1.165) is 22.5 Å². The summed E-state index contributed by atoms with van der Waals surface area (Å²) in [4.78, 5) is 29.6. The molecule has 132 valence electrons. The summed E-state index contributed by atoms with van der Waals surface area (Å²) in [6, 6.07) is 3.97. The van der Waals surface area contributed by atoms with Crippen molar-refractivity contribution < 1.29 is 4.79 Å². The minimum absolute atomic E-state index is 0.0343. The van der Waals surface area contributed by atoms with Crippen LogP contribution in [0.25, 0.3) is 0 Å². The monoisotopic (exact) mass is 357 g/mol. The first kappa shape index (κ1) is 17.7. The van der Waals surface area contributed by atoms with Gasteiger partial charge in [-0.25, -0.2) is 4.98 Å². The summed E-state index contributed by atoms with van der Waals surface area (Å²) in [5, 5.41) is 3.74. The number of fused-ring (bicyclic) bond motifs is 1. The number of nitrogens with zero attached hydrogens (tertiary/aromatic N) is 2. The Morgan fingerprint density at radius 2 is 1.88 bits per heavy atom. The van der Waals surface area contributed by atoms with Crippen molar-refractivity contribution in [2.45, 2.75) is 52.2 Å². The number of benzene rings is 1. The first-order valence-electron chi connectivity index (χ1n) is 8.38. The van der Waals surface area contributed by atoms with E-state index in [9.17, 15) is 9.59 Å². The van der Waals surface area contributed by atoms with E-state index in [2.05, 4.69) is 22.4 Å². The molecule has 1 unspecified atom stereocenters. The third-order valence-corrected chi connectivity index (χ3v) is 5.78. The van der Waals surface area contributed by atoms with Crippen molar-refractivity contribution in [2.24, 2.45) is 0 Å². The SMILES string of the molecule is Cc1cc(C)c(NC(=O)CC2CSc3nc(C)c(C)c(=O)n32)c(C)c1. The molecule has 0 saturated carbocycles. The van der Waals surface area contributed by atoms with Crippen LogP contribution < -0.4 is 10.9 Å². The van der Waals surface area contributed by atoms with Crippen LogP contribution in [0, 0.1) is 34.6 Å². The van der Waals surface area contributed by atoms with E-state index in [0.29, 0.717) is 16.5 Å². The largest absolute Gasteiger partial charge is 0.326 e. The van der Waals surface area contributed by atoms with Crippen molar-refractivity contribution in [3.8, 4) is 0 Å². The number of amides is 1. The highest BCUT2D eigenvalue weighted by molar-refractivity contribution is 7.99. The lowest BCUT2D eigenvalue weighted by molar-refractivity contribution is -0.116. The van der Waals surface area contributed by atoms with Gasteiger partial charge in [-0.1, -0.05) is 29.5 Å². The highest BCUT2D eigenvalue weighted by Crippen LogP contribution is 2.33. The Morgan fingerprint density at radius 1 is 1.24 bits per heavy atom. The number of anilines is 1. The van der Waals surface area contributed by atoms with E-state index in [1.807, 2.05) is 27.7 Å². The van der Waals surface area contributed by atoms with Gasteiger partial charge < -0.3 is 5.32 Å². The van der Waals surface area contributed by atoms with Gasteiger partial charge in [0.2, 0.25) is 5.91 Å². The summed E-state index contributed by atoms with van der Waals surface area (Å²) in [6.45, 7) is 9.67. The first-order chi connectivity index (χ1) is 11.8. The number of aryl methyl sites for hydroxylation is 4. The number of rotatable bonds is 3. The summed E-state index contributed by atoms with van der Waals surface area (Å²) in [7, 11) is 0. The van der Waals surface area contributed by atoms with Crippen molar-refractivity contribution in [1.29, 1.82) is 0 Å². The van der Waals surface area contributed by atoms with E-state index in [1.165, 1.54) is 5.56 Å². The molecule has 1 aromatic heterocycles. The van der Waals surface area contributed by atoms with Gasteiger partial charge in [-0.15, -0.1) is 0 Å². The zero-order valence-electron chi connectivity index (χ0n) is 15.3. The highest BCUT2D eigenvalue weighted by atomic mass is 32.2. The molecule has 0 saturated heterocycles. The molecule has 1 aliphatic rings. The predicted molar refractivity (Wildman–Crippen MR) is 102 cm³/mol. The number of thioether (sulfide) groups is 1. The first-order valence-corrected chi connectivity index (χ1v) is 9.36. The smallest absolute Gasteiger partial charge is 0.257 e. The maximum absolute atomic E-state index is 12.6. The van der Waals surface area contributed by atoms with Gasteiger partial charge in [0.15, 0.2) is 5.16 Å². The van der Waals surface area contributed by atoms with Crippen molar-refractivity contribution in [1.82, 2.24) is 9.55 Å². The minimum atomic E-state index is -0.148. The van der Waals surface area contributed by atoms with Crippen LogP contribution in [0.5, 0.6) is 0 Å². The molecule has 0 radical (unpaired) electrons. The molecule has 0 aliphatic carbocycles. The van der Waals surface area contributed by atoms with Crippen LogP contribution in [0.15, 0.2) is 22.1 Å². The van der Waals surface area contributed by atoms with E-state index < -0.39 is 0 Å². The van der Waals surface area contributed by atoms with Gasteiger partial charge in [-0.05, 0) is 45.7 Å². The van der Waals surface area contributed by atoms with Crippen molar-refractivity contribution in [2.75, 3.05) is 11.1 Å². The molecule has 0 bridgehead atoms. The normalized spacial score (nSPS) is 16.0. The van der Waals surface area contributed by atoms with Crippen molar-refractivity contribution >= 4 is 23.4 Å². The van der Waals surface area contributed by atoms with E-state index in [1.54, 1.807) is 23.3 Å². The van der Waals surface area contributed by atoms with Gasteiger partial charge in [0.1, 0.15) is 0 Å². The van der Waals surface area contributed by atoms with E-state index in [4.69, 9.17) is 0 Å². The fraction of sp³-hybridized carbons (Fsp3) is 0.421. The average Bonchev–Trinajstić information content (AvgIpc) is 2.91. The van der Waals surface area contributed by atoms with E-state index in [-0.39, 0.29) is 23.9 Å². The number of hydrogen-bond donors (Lipinski definition) is 1. The second-order valence-electron chi connectivity index (χ2n) is 6.77. The zero-order chi connectivity index (χ0) is 18.3. The van der Waals surface area contributed by atoms with E-state index >= 15 is 0 Å². The number of nitrogens with one attached hydrogen (secondary N) is 1. The van der Waals surface area contributed by atoms with Crippen LogP contribution in [0.3, 0.4) is 0 Å². The molecule has 1 aliphatic heterocycles. The summed E-state index contributed by atoms with van der Waals surface area (Å²) in [6.07, 6.45) is 0.275. The fourth-order valence-electron chi connectivity index (χ4n) is 3.30. The fourth-order valence-corrected chi connectivity index (χ4v) is 4.49. The molecule has 25 heavy (non-hydrogen) atoms. The minimum Gasteiger partial charge on any atom is -0.326 e. The van der Waals surface area contributed by atoms with Crippen LogP contribution in [-0.4, -0.2) is 21.2 Å². The summed E-state index contributed by atoms with van der Waals surface area (Å²) in [5.74, 6) is 0.628. The third-order valence-electron chi connectivity index (χ3n) is 4.68. The van der Waals surface area contributed by atoms with Crippen LogP contribution in [0.1, 0.15) is 40.4 Å². The van der Waals surface area contributed by atoms with Crippen LogP contribution in [0.4, 0.5) is 5.69 Å². The Kier molecular flexibility index (Phi) is 4.73. The molecule has 0 fully saturated rings. The maximum atomic E-state index is 12.6. The molecule has 1 atom stereocenters. The van der Waals surface area contributed by atoms with Gasteiger partial charge in [-0.2, -0.15) is 0 Å². The maximum Gasteiger partial charge on any atom is 0.257 e. The third kappa shape index (κ3) is 3.35. The number of hydrogen-bond acceptors (Lipinski definition) is 4. The molecular weight excluding hydrogens is 334 g/mol. The second kappa shape index (κ2) is 6.67. The molecule has 1 N–H and O–H groups in total. The molecule has 1 amide bonds. The van der Waals surface area contributed by atoms with Gasteiger partial charge in [0, 0.05) is 29.1 Å². The van der Waals surface area contributed by atoms with Gasteiger partial charge >= 0.3 is 0 Å². The topological polar surface area (TPSA) is 64.0 Å². The predicted octanol–water partition coefficient (Wildman–Crippen LogP) is 3.46. The quantitative estimate of drug-likeness (QED) is 0.855. The summed E-state index contributed by atoms with van der Waals surface area (Å²) in [5.41, 5.74) is 5.54. The molecule has 1 aromatic carbocycles. The van der Waals surface area contributed by atoms with Crippen LogP contribution in [-0.2, 0) is 4.79 Å². The second-order valence-corrected chi connectivity index (χ2v) is 7.76. The average molecular weight is 357 g/mol. The summed E-state index contributed by atoms with van der Waals surface area (Å²) < 4.78 is 1.68.